The zero-order valence-corrected chi connectivity index (χ0v) is 19.3. The van der Waals surface area contributed by atoms with Crippen LogP contribution in [-0.4, -0.2) is 67.2 Å². The molecule has 1 unspecified atom stereocenters. The number of carbonyl (C=O) groups excluding carboxylic acids is 1. The van der Waals surface area contributed by atoms with Crippen molar-refractivity contribution in [1.82, 2.24) is 9.80 Å². The number of amides is 1. The Morgan fingerprint density at radius 2 is 1.75 bits per heavy atom. The third kappa shape index (κ3) is 3.96. The second kappa shape index (κ2) is 8.64. The summed E-state index contributed by atoms with van der Waals surface area (Å²) in [5.41, 5.74) is 1.85. The topological polar surface area (TPSA) is 42.0 Å². The van der Waals surface area contributed by atoms with Gasteiger partial charge < -0.3 is 19.3 Å². The normalized spacial score (nSPS) is 29.2. The molecule has 3 saturated heterocycles. The van der Waals surface area contributed by atoms with Gasteiger partial charge in [-0.05, 0) is 88.4 Å². The van der Waals surface area contributed by atoms with Crippen molar-refractivity contribution in [2.45, 2.75) is 75.9 Å². The quantitative estimate of drug-likeness (QED) is 0.691. The molecule has 2 aliphatic carbocycles. The zero-order chi connectivity index (χ0) is 21.5. The molecule has 5 fully saturated rings. The van der Waals surface area contributed by atoms with Crippen LogP contribution in [0.5, 0.6) is 5.75 Å². The minimum Gasteiger partial charge on any atom is -0.490 e. The molecule has 0 aromatic heterocycles. The molecule has 5 aliphatic rings. The number of benzene rings is 1. The molecule has 1 aromatic rings. The van der Waals surface area contributed by atoms with Crippen LogP contribution in [-0.2, 0) is 9.53 Å². The van der Waals surface area contributed by atoms with E-state index in [4.69, 9.17) is 9.47 Å². The van der Waals surface area contributed by atoms with Gasteiger partial charge in [-0.1, -0.05) is 18.2 Å². The molecule has 1 aromatic carbocycles. The Bertz CT molecular complexity index is 818. The number of carbonyl (C=O) groups is 1. The Kier molecular flexibility index (Phi) is 5.67. The molecule has 0 bridgehead atoms. The SMILES string of the molecule is O=C(C1COC1)N1CC2(CCC(N3CCC(c4ccccc4OC4CCCC4)CC3)C2)C1. The number of rotatable bonds is 5. The lowest BCUT2D eigenvalue weighted by Gasteiger charge is -2.50. The average Bonchev–Trinajstić information content (AvgIpc) is 3.42. The fraction of sp³-hybridized carbons (Fsp3) is 0.741. The van der Waals surface area contributed by atoms with E-state index in [2.05, 4.69) is 34.1 Å². The number of para-hydroxylation sites is 1. The summed E-state index contributed by atoms with van der Waals surface area (Å²) < 4.78 is 11.6. The van der Waals surface area contributed by atoms with E-state index in [1.165, 1.54) is 76.4 Å². The van der Waals surface area contributed by atoms with Gasteiger partial charge in [-0.3, -0.25) is 4.79 Å². The molecule has 2 saturated carbocycles. The first-order valence-corrected chi connectivity index (χ1v) is 13.1. The van der Waals surface area contributed by atoms with Gasteiger partial charge in [-0.25, -0.2) is 0 Å². The summed E-state index contributed by atoms with van der Waals surface area (Å²) >= 11 is 0. The Morgan fingerprint density at radius 3 is 2.47 bits per heavy atom. The highest BCUT2D eigenvalue weighted by Gasteiger charge is 2.52. The van der Waals surface area contributed by atoms with Crippen LogP contribution in [0.3, 0.4) is 0 Å². The van der Waals surface area contributed by atoms with Gasteiger partial charge in [0, 0.05) is 24.5 Å². The van der Waals surface area contributed by atoms with Gasteiger partial charge in [0.1, 0.15) is 5.75 Å². The highest BCUT2D eigenvalue weighted by Crippen LogP contribution is 2.48. The first kappa shape index (κ1) is 21.0. The Hall–Kier alpha value is -1.59. The lowest BCUT2D eigenvalue weighted by atomic mass is 9.77. The lowest BCUT2D eigenvalue weighted by Crippen LogP contribution is -2.61. The molecule has 0 N–H and O–H groups in total. The van der Waals surface area contributed by atoms with Gasteiger partial charge in [0.2, 0.25) is 5.91 Å². The Morgan fingerprint density at radius 1 is 1.00 bits per heavy atom. The van der Waals surface area contributed by atoms with Gasteiger partial charge in [0.05, 0.1) is 25.2 Å². The molecule has 1 amide bonds. The molecular formula is C27H38N2O3. The summed E-state index contributed by atoms with van der Waals surface area (Å²) in [7, 11) is 0. The molecule has 3 aliphatic heterocycles. The summed E-state index contributed by atoms with van der Waals surface area (Å²) in [6.07, 6.45) is 11.8. The van der Waals surface area contributed by atoms with Gasteiger partial charge in [-0.15, -0.1) is 0 Å². The molecular weight excluding hydrogens is 400 g/mol. The number of piperidine rings is 1. The Balaban J connectivity index is 1.01. The fourth-order valence-electron chi connectivity index (χ4n) is 7.02. The number of hydrogen-bond acceptors (Lipinski definition) is 4. The predicted octanol–water partition coefficient (Wildman–Crippen LogP) is 4.21. The fourth-order valence-corrected chi connectivity index (χ4v) is 7.02. The molecule has 3 heterocycles. The maximum Gasteiger partial charge on any atom is 0.230 e. The molecule has 32 heavy (non-hydrogen) atoms. The first-order chi connectivity index (χ1) is 15.7. The van der Waals surface area contributed by atoms with E-state index in [-0.39, 0.29) is 5.92 Å². The molecule has 5 nitrogen and oxygen atoms in total. The third-order valence-corrected chi connectivity index (χ3v) is 9.03. The molecule has 6 rings (SSSR count). The van der Waals surface area contributed by atoms with Crippen molar-refractivity contribution in [3.8, 4) is 5.75 Å². The minimum atomic E-state index is 0.143. The summed E-state index contributed by atoms with van der Waals surface area (Å²) in [4.78, 5) is 17.3. The van der Waals surface area contributed by atoms with Crippen molar-refractivity contribution < 1.29 is 14.3 Å². The van der Waals surface area contributed by atoms with Gasteiger partial charge in [0.15, 0.2) is 0 Å². The van der Waals surface area contributed by atoms with Crippen molar-refractivity contribution in [3.05, 3.63) is 29.8 Å². The van der Waals surface area contributed by atoms with Crippen LogP contribution in [0.2, 0.25) is 0 Å². The maximum atomic E-state index is 12.5. The summed E-state index contributed by atoms with van der Waals surface area (Å²) in [5, 5.41) is 0. The zero-order valence-electron chi connectivity index (χ0n) is 19.3. The number of nitrogens with zero attached hydrogens (tertiary/aromatic N) is 2. The van der Waals surface area contributed by atoms with Crippen molar-refractivity contribution in [1.29, 1.82) is 0 Å². The lowest BCUT2D eigenvalue weighted by molar-refractivity contribution is -0.161. The molecule has 1 spiro atoms. The van der Waals surface area contributed by atoms with E-state index in [1.807, 2.05) is 0 Å². The first-order valence-electron chi connectivity index (χ1n) is 13.1. The van der Waals surface area contributed by atoms with Gasteiger partial charge in [0.25, 0.3) is 0 Å². The monoisotopic (exact) mass is 438 g/mol. The van der Waals surface area contributed by atoms with E-state index < -0.39 is 0 Å². The van der Waals surface area contributed by atoms with Crippen molar-refractivity contribution in [2.75, 3.05) is 39.4 Å². The van der Waals surface area contributed by atoms with E-state index in [0.29, 0.717) is 42.6 Å². The molecule has 5 heteroatoms. The van der Waals surface area contributed by atoms with Crippen molar-refractivity contribution in [3.63, 3.8) is 0 Å². The van der Waals surface area contributed by atoms with Crippen LogP contribution in [0, 0.1) is 11.3 Å². The standard InChI is InChI=1S/C27H38N2O3/c30-26(21-16-31-17-21)29-18-27(19-29)12-9-22(15-27)28-13-10-20(11-14-28)24-7-3-4-8-25(24)32-23-5-1-2-6-23/h3-4,7-8,20-23H,1-2,5-6,9-19H2. The van der Waals surface area contributed by atoms with Crippen LogP contribution in [0.25, 0.3) is 0 Å². The van der Waals surface area contributed by atoms with E-state index in [0.717, 1.165) is 18.8 Å². The number of ether oxygens (including phenoxy) is 2. The molecule has 0 radical (unpaired) electrons. The minimum absolute atomic E-state index is 0.143. The second-order valence-corrected chi connectivity index (χ2v) is 11.2. The number of hydrogen-bond donors (Lipinski definition) is 0. The van der Waals surface area contributed by atoms with Gasteiger partial charge >= 0.3 is 0 Å². The highest BCUT2D eigenvalue weighted by atomic mass is 16.5. The predicted molar refractivity (Wildman–Crippen MR) is 124 cm³/mol. The van der Waals surface area contributed by atoms with Crippen LogP contribution in [0.15, 0.2) is 24.3 Å². The average molecular weight is 439 g/mol. The van der Waals surface area contributed by atoms with Crippen LogP contribution < -0.4 is 4.74 Å². The van der Waals surface area contributed by atoms with E-state index in [1.54, 1.807) is 0 Å². The van der Waals surface area contributed by atoms with Crippen LogP contribution in [0.4, 0.5) is 0 Å². The van der Waals surface area contributed by atoms with Crippen molar-refractivity contribution >= 4 is 5.91 Å². The summed E-state index contributed by atoms with van der Waals surface area (Å²) in [6.45, 7) is 5.64. The van der Waals surface area contributed by atoms with E-state index >= 15 is 0 Å². The third-order valence-electron chi connectivity index (χ3n) is 9.03. The smallest absolute Gasteiger partial charge is 0.230 e. The highest BCUT2D eigenvalue weighted by molar-refractivity contribution is 5.80. The number of likely N-dealkylation sites (tertiary alicyclic amines) is 2. The summed E-state index contributed by atoms with van der Waals surface area (Å²) in [6, 6.07) is 9.53. The van der Waals surface area contributed by atoms with Gasteiger partial charge in [-0.2, -0.15) is 0 Å². The van der Waals surface area contributed by atoms with E-state index in [9.17, 15) is 4.79 Å². The molecule has 174 valence electrons. The Labute approximate surface area is 192 Å². The second-order valence-electron chi connectivity index (χ2n) is 11.2. The largest absolute Gasteiger partial charge is 0.490 e. The van der Waals surface area contributed by atoms with Crippen LogP contribution in [0.1, 0.15) is 69.3 Å². The van der Waals surface area contributed by atoms with Crippen molar-refractivity contribution in [2.24, 2.45) is 11.3 Å². The van der Waals surface area contributed by atoms with Crippen LogP contribution >= 0.6 is 0 Å². The molecule has 1 atom stereocenters. The summed E-state index contributed by atoms with van der Waals surface area (Å²) in [5.74, 6) is 2.25. The maximum absolute atomic E-state index is 12.5.